The van der Waals surface area contributed by atoms with E-state index in [9.17, 15) is 4.79 Å². The van der Waals surface area contributed by atoms with E-state index in [4.69, 9.17) is 11.6 Å². The Labute approximate surface area is 121 Å². The molecular weight excluding hydrogens is 276 g/mol. The van der Waals surface area contributed by atoms with Gasteiger partial charge in [-0.15, -0.1) is 0 Å². The van der Waals surface area contributed by atoms with Crippen molar-refractivity contribution in [3.8, 4) is 0 Å². The number of rotatable bonds is 3. The molecule has 1 amide bonds. The number of benzene rings is 1. The molecule has 0 bridgehead atoms. The summed E-state index contributed by atoms with van der Waals surface area (Å²) >= 11 is 5.79. The molecule has 0 unspecified atom stereocenters. The molecule has 0 fully saturated rings. The largest absolute Gasteiger partial charge is 0.368 e. The Kier molecular flexibility index (Phi) is 3.52. The molecule has 1 aliphatic heterocycles. The van der Waals surface area contributed by atoms with Crippen molar-refractivity contribution in [1.82, 2.24) is 9.97 Å². The standard InChI is InChI=1S/C14H13ClN4O/c15-12-7-16-8-13(19-12)17-6-9-5-14(20)18-11-4-2-1-3-10(9)11/h1-4,7-9H,5-6H2,(H,17,19)(H,18,20)/t9-/m0/s1. The SMILES string of the molecule is O=C1C[C@@H](CNc2cncc(Cl)n2)c2ccccc2N1. The average Bonchev–Trinajstić information content (AvgIpc) is 2.44. The van der Waals surface area contributed by atoms with Gasteiger partial charge in [0.05, 0.1) is 12.4 Å². The summed E-state index contributed by atoms with van der Waals surface area (Å²) in [5.74, 6) is 0.759. The Balaban J connectivity index is 1.76. The molecule has 1 atom stereocenters. The summed E-state index contributed by atoms with van der Waals surface area (Å²) in [6.07, 6.45) is 3.55. The first-order chi connectivity index (χ1) is 9.72. The van der Waals surface area contributed by atoms with E-state index < -0.39 is 0 Å². The molecule has 5 nitrogen and oxygen atoms in total. The van der Waals surface area contributed by atoms with Gasteiger partial charge in [-0.1, -0.05) is 29.8 Å². The number of amides is 1. The quantitative estimate of drug-likeness (QED) is 0.911. The zero-order valence-corrected chi connectivity index (χ0v) is 11.4. The van der Waals surface area contributed by atoms with Gasteiger partial charge in [0.2, 0.25) is 5.91 Å². The number of carbonyl (C=O) groups excluding carboxylic acids is 1. The van der Waals surface area contributed by atoms with Crippen LogP contribution in [0.4, 0.5) is 11.5 Å². The topological polar surface area (TPSA) is 66.9 Å². The second-order valence-electron chi connectivity index (χ2n) is 4.64. The fourth-order valence-electron chi connectivity index (χ4n) is 2.34. The first-order valence-corrected chi connectivity index (χ1v) is 6.70. The maximum absolute atomic E-state index is 11.7. The van der Waals surface area contributed by atoms with Gasteiger partial charge >= 0.3 is 0 Å². The number of anilines is 2. The Morgan fingerprint density at radius 2 is 2.20 bits per heavy atom. The normalized spacial score (nSPS) is 17.2. The highest BCUT2D eigenvalue weighted by Crippen LogP contribution is 2.31. The van der Waals surface area contributed by atoms with Gasteiger partial charge in [0.1, 0.15) is 11.0 Å². The van der Waals surface area contributed by atoms with Crippen molar-refractivity contribution < 1.29 is 4.79 Å². The summed E-state index contributed by atoms with van der Waals surface area (Å²) in [6, 6.07) is 7.84. The van der Waals surface area contributed by atoms with Gasteiger partial charge in [-0.2, -0.15) is 0 Å². The van der Waals surface area contributed by atoms with Gasteiger partial charge in [0.15, 0.2) is 0 Å². The average molecular weight is 289 g/mol. The van der Waals surface area contributed by atoms with Crippen molar-refractivity contribution in [3.63, 3.8) is 0 Å². The lowest BCUT2D eigenvalue weighted by Gasteiger charge is -2.25. The second kappa shape index (κ2) is 5.46. The van der Waals surface area contributed by atoms with Crippen LogP contribution in [0.15, 0.2) is 36.7 Å². The summed E-state index contributed by atoms with van der Waals surface area (Å²) in [5, 5.41) is 6.40. The van der Waals surface area contributed by atoms with Crippen LogP contribution in [0.5, 0.6) is 0 Å². The highest BCUT2D eigenvalue weighted by molar-refractivity contribution is 6.29. The van der Waals surface area contributed by atoms with Crippen LogP contribution >= 0.6 is 11.6 Å². The van der Waals surface area contributed by atoms with Crippen molar-refractivity contribution in [2.75, 3.05) is 17.2 Å². The number of nitrogens with zero attached hydrogens (tertiary/aromatic N) is 2. The molecule has 0 spiro atoms. The van der Waals surface area contributed by atoms with Crippen LogP contribution in [-0.4, -0.2) is 22.4 Å². The Hall–Kier alpha value is -2.14. The first-order valence-electron chi connectivity index (χ1n) is 6.32. The lowest BCUT2D eigenvalue weighted by Crippen LogP contribution is -2.26. The van der Waals surface area contributed by atoms with Gasteiger partial charge in [0.25, 0.3) is 0 Å². The van der Waals surface area contributed by atoms with Gasteiger partial charge in [0, 0.05) is 24.6 Å². The maximum Gasteiger partial charge on any atom is 0.225 e. The van der Waals surface area contributed by atoms with E-state index in [1.54, 1.807) is 6.20 Å². The molecule has 6 heteroatoms. The van der Waals surface area contributed by atoms with Crippen LogP contribution < -0.4 is 10.6 Å². The lowest BCUT2D eigenvalue weighted by atomic mass is 9.90. The molecule has 3 rings (SSSR count). The molecule has 20 heavy (non-hydrogen) atoms. The van der Waals surface area contributed by atoms with Crippen LogP contribution in [-0.2, 0) is 4.79 Å². The molecule has 0 saturated carbocycles. The number of aromatic nitrogens is 2. The summed E-state index contributed by atoms with van der Waals surface area (Å²) in [4.78, 5) is 19.8. The molecule has 1 aliphatic rings. The van der Waals surface area contributed by atoms with E-state index in [-0.39, 0.29) is 11.8 Å². The lowest BCUT2D eigenvalue weighted by molar-refractivity contribution is -0.116. The summed E-state index contributed by atoms with van der Waals surface area (Å²) in [5.41, 5.74) is 2.02. The molecule has 1 aromatic heterocycles. The molecule has 0 radical (unpaired) electrons. The second-order valence-corrected chi connectivity index (χ2v) is 5.03. The van der Waals surface area contributed by atoms with Crippen molar-refractivity contribution in [1.29, 1.82) is 0 Å². The third-order valence-corrected chi connectivity index (χ3v) is 3.42. The first kappa shape index (κ1) is 12.9. The molecule has 1 aromatic carbocycles. The zero-order chi connectivity index (χ0) is 13.9. The molecule has 102 valence electrons. The molecular formula is C14H13ClN4O. The number of halogens is 1. The van der Waals surface area contributed by atoms with Gasteiger partial charge in [-0.05, 0) is 11.6 Å². The number of carbonyl (C=O) groups is 1. The number of para-hydroxylation sites is 1. The number of hydrogen-bond acceptors (Lipinski definition) is 4. The van der Waals surface area contributed by atoms with E-state index in [1.165, 1.54) is 6.20 Å². The van der Waals surface area contributed by atoms with Crippen molar-refractivity contribution >= 4 is 29.0 Å². The van der Waals surface area contributed by atoms with Crippen LogP contribution in [0.2, 0.25) is 5.15 Å². The molecule has 0 aliphatic carbocycles. The molecule has 2 N–H and O–H groups in total. The van der Waals surface area contributed by atoms with E-state index in [2.05, 4.69) is 20.6 Å². The van der Waals surface area contributed by atoms with E-state index >= 15 is 0 Å². The van der Waals surface area contributed by atoms with Gasteiger partial charge in [-0.25, -0.2) is 4.98 Å². The van der Waals surface area contributed by atoms with Crippen LogP contribution in [0.1, 0.15) is 17.9 Å². The van der Waals surface area contributed by atoms with Crippen LogP contribution in [0, 0.1) is 0 Å². The fourth-order valence-corrected chi connectivity index (χ4v) is 2.49. The predicted molar refractivity (Wildman–Crippen MR) is 78.0 cm³/mol. The monoisotopic (exact) mass is 288 g/mol. The van der Waals surface area contributed by atoms with Gasteiger partial charge in [-0.3, -0.25) is 9.78 Å². The molecule has 2 heterocycles. The zero-order valence-electron chi connectivity index (χ0n) is 10.6. The minimum atomic E-state index is 0.0349. The smallest absolute Gasteiger partial charge is 0.225 e. The van der Waals surface area contributed by atoms with Gasteiger partial charge < -0.3 is 10.6 Å². The Morgan fingerprint density at radius 3 is 3.05 bits per heavy atom. The minimum absolute atomic E-state index is 0.0349. The number of nitrogens with one attached hydrogen (secondary N) is 2. The van der Waals surface area contributed by atoms with Crippen molar-refractivity contribution in [3.05, 3.63) is 47.4 Å². The predicted octanol–water partition coefficient (Wildman–Crippen LogP) is 2.67. The Morgan fingerprint density at radius 1 is 1.35 bits per heavy atom. The fraction of sp³-hybridized carbons (Fsp3) is 0.214. The summed E-state index contributed by atoms with van der Waals surface area (Å²) < 4.78 is 0. The van der Waals surface area contributed by atoms with Crippen molar-refractivity contribution in [2.45, 2.75) is 12.3 Å². The van der Waals surface area contributed by atoms with Crippen molar-refractivity contribution in [2.24, 2.45) is 0 Å². The Bertz CT molecular complexity index is 647. The highest BCUT2D eigenvalue weighted by atomic mass is 35.5. The summed E-state index contributed by atoms with van der Waals surface area (Å²) in [6.45, 7) is 0.611. The van der Waals surface area contributed by atoms with E-state index in [0.717, 1.165) is 11.3 Å². The van der Waals surface area contributed by atoms with E-state index in [0.29, 0.717) is 23.9 Å². The third kappa shape index (κ3) is 2.72. The number of hydrogen-bond donors (Lipinski definition) is 2. The maximum atomic E-state index is 11.7. The summed E-state index contributed by atoms with van der Waals surface area (Å²) in [7, 11) is 0. The number of fused-ring (bicyclic) bond motifs is 1. The van der Waals surface area contributed by atoms with Crippen LogP contribution in [0.3, 0.4) is 0 Å². The van der Waals surface area contributed by atoms with E-state index in [1.807, 2.05) is 24.3 Å². The van der Waals surface area contributed by atoms with Crippen LogP contribution in [0.25, 0.3) is 0 Å². The minimum Gasteiger partial charge on any atom is -0.368 e. The third-order valence-electron chi connectivity index (χ3n) is 3.24. The highest BCUT2D eigenvalue weighted by Gasteiger charge is 2.24. The molecule has 0 saturated heterocycles. The molecule has 2 aromatic rings.